The smallest absolute Gasteiger partial charge is 0.266 e. The van der Waals surface area contributed by atoms with E-state index >= 15 is 0 Å². The Bertz CT molecular complexity index is 614. The Morgan fingerprint density at radius 3 is 2.32 bits per heavy atom. The molecule has 0 aliphatic heterocycles. The summed E-state index contributed by atoms with van der Waals surface area (Å²) in [6.45, 7) is 0.755. The Morgan fingerprint density at radius 2 is 1.84 bits per heavy atom. The van der Waals surface area contributed by atoms with E-state index in [1.807, 2.05) is 0 Å². The summed E-state index contributed by atoms with van der Waals surface area (Å²) in [5.74, 6) is -0.310. The van der Waals surface area contributed by atoms with Crippen molar-refractivity contribution in [3.05, 3.63) is 20.7 Å². The maximum absolute atomic E-state index is 12.0. The number of aliphatic hydroxyl groups is 2. The topological polar surface area (TPSA) is 100.0 Å². The van der Waals surface area contributed by atoms with Crippen molar-refractivity contribution in [1.29, 1.82) is 0 Å². The van der Waals surface area contributed by atoms with Gasteiger partial charge in [0, 0.05) is 20.3 Å². The summed E-state index contributed by atoms with van der Waals surface area (Å²) in [6.07, 6.45) is 1.14. The highest BCUT2D eigenvalue weighted by molar-refractivity contribution is 7.71. The summed E-state index contributed by atoms with van der Waals surface area (Å²) < 4.78 is 2.64. The number of rotatable bonds is 4. The van der Waals surface area contributed by atoms with E-state index in [4.69, 9.17) is 22.4 Å². The lowest BCUT2D eigenvalue weighted by Gasteiger charge is -2.19. The molecule has 19 heavy (non-hydrogen) atoms. The molecule has 0 aromatic carbocycles. The molecule has 106 valence electrons. The van der Waals surface area contributed by atoms with Crippen molar-refractivity contribution in [3.63, 3.8) is 0 Å². The minimum Gasteiger partial charge on any atom is -0.494 e. The Balaban J connectivity index is 3.43. The van der Waals surface area contributed by atoms with Crippen molar-refractivity contribution in [2.75, 3.05) is 13.2 Å². The monoisotopic (exact) mass is 287 g/mol. The van der Waals surface area contributed by atoms with E-state index in [-0.39, 0.29) is 29.4 Å². The lowest BCUT2D eigenvalue weighted by Crippen LogP contribution is -2.32. The molecule has 0 amide bonds. The Kier molecular flexibility index (Phi) is 4.61. The van der Waals surface area contributed by atoms with E-state index in [0.29, 0.717) is 0 Å². The first-order valence-electron chi connectivity index (χ1n) is 5.53. The largest absolute Gasteiger partial charge is 0.494 e. The summed E-state index contributed by atoms with van der Waals surface area (Å²) in [7, 11) is 3.00. The number of aromatic nitrogens is 2. The van der Waals surface area contributed by atoms with Crippen molar-refractivity contribution in [2.45, 2.75) is 12.5 Å². The number of hydrogen-bond donors (Lipinski definition) is 3. The second-order valence-electron chi connectivity index (χ2n) is 4.51. The molecule has 3 N–H and O–H groups in total. The van der Waals surface area contributed by atoms with E-state index in [0.717, 1.165) is 6.21 Å². The average Bonchev–Trinajstić information content (AvgIpc) is 2.42. The first-order chi connectivity index (χ1) is 8.77. The van der Waals surface area contributed by atoms with Gasteiger partial charge >= 0.3 is 0 Å². The third kappa shape index (κ3) is 2.91. The zero-order valence-electron chi connectivity index (χ0n) is 11.0. The maximum atomic E-state index is 12.0. The van der Waals surface area contributed by atoms with E-state index in [2.05, 4.69) is 4.99 Å². The van der Waals surface area contributed by atoms with E-state index in [9.17, 15) is 9.90 Å². The molecule has 0 unspecified atom stereocenters. The zero-order chi connectivity index (χ0) is 14.8. The third-order valence-electron chi connectivity index (χ3n) is 2.85. The summed E-state index contributed by atoms with van der Waals surface area (Å²) in [5.41, 5.74) is -1.66. The van der Waals surface area contributed by atoms with Crippen LogP contribution in [0.25, 0.3) is 0 Å². The van der Waals surface area contributed by atoms with Crippen LogP contribution in [0.15, 0.2) is 9.79 Å². The van der Waals surface area contributed by atoms with Crippen molar-refractivity contribution in [1.82, 2.24) is 9.13 Å². The average molecular weight is 287 g/mol. The van der Waals surface area contributed by atoms with Crippen LogP contribution in [-0.4, -0.2) is 49.4 Å². The summed E-state index contributed by atoms with van der Waals surface area (Å²) in [6, 6.07) is 0. The number of aliphatic imine (C=N–C) groups is 1. The van der Waals surface area contributed by atoms with Crippen LogP contribution in [-0.2, 0) is 14.1 Å². The molecule has 0 atom stereocenters. The number of aromatic hydroxyl groups is 1. The van der Waals surface area contributed by atoms with Gasteiger partial charge in [-0.15, -0.1) is 0 Å². The van der Waals surface area contributed by atoms with Gasteiger partial charge in [-0.1, -0.05) is 0 Å². The SMILES string of the molecule is Cn1c(O)c(C=NC(C)(CO)CO)c(=O)n(C)c1=S. The summed E-state index contributed by atoms with van der Waals surface area (Å²) >= 11 is 4.97. The van der Waals surface area contributed by atoms with Gasteiger partial charge in [0.2, 0.25) is 5.88 Å². The van der Waals surface area contributed by atoms with Gasteiger partial charge in [0.25, 0.3) is 5.56 Å². The van der Waals surface area contributed by atoms with Gasteiger partial charge < -0.3 is 15.3 Å². The predicted octanol–water partition coefficient (Wildman–Crippen LogP) is -0.679. The Morgan fingerprint density at radius 1 is 1.32 bits per heavy atom. The first kappa shape index (κ1) is 15.5. The van der Waals surface area contributed by atoms with Crippen LogP contribution in [0.3, 0.4) is 0 Å². The molecule has 0 spiro atoms. The van der Waals surface area contributed by atoms with Crippen LogP contribution < -0.4 is 5.56 Å². The molecule has 1 aromatic heterocycles. The molecule has 0 aliphatic carbocycles. The van der Waals surface area contributed by atoms with E-state index in [1.54, 1.807) is 0 Å². The molecule has 1 rings (SSSR count). The van der Waals surface area contributed by atoms with Crippen LogP contribution in [0.4, 0.5) is 0 Å². The molecular weight excluding hydrogens is 270 g/mol. The molecule has 0 radical (unpaired) electrons. The molecule has 0 fully saturated rings. The highest BCUT2D eigenvalue weighted by Gasteiger charge is 2.21. The van der Waals surface area contributed by atoms with Gasteiger partial charge in [0.1, 0.15) is 11.1 Å². The third-order valence-corrected chi connectivity index (χ3v) is 3.40. The quantitative estimate of drug-likeness (QED) is 0.503. The van der Waals surface area contributed by atoms with Crippen LogP contribution in [0, 0.1) is 4.77 Å². The molecule has 0 saturated carbocycles. The molecule has 0 aliphatic rings. The number of aliphatic hydroxyl groups excluding tert-OH is 2. The summed E-state index contributed by atoms with van der Waals surface area (Å²) in [5, 5.41) is 28.1. The zero-order valence-corrected chi connectivity index (χ0v) is 11.8. The van der Waals surface area contributed by atoms with Crippen LogP contribution in [0.1, 0.15) is 12.5 Å². The van der Waals surface area contributed by atoms with Gasteiger partial charge in [0.15, 0.2) is 4.77 Å². The van der Waals surface area contributed by atoms with Crippen LogP contribution in [0.2, 0.25) is 0 Å². The lowest BCUT2D eigenvalue weighted by molar-refractivity contribution is 0.136. The molecule has 0 bridgehead atoms. The fourth-order valence-corrected chi connectivity index (χ4v) is 1.49. The molecule has 1 heterocycles. The van der Waals surface area contributed by atoms with Crippen molar-refractivity contribution in [3.8, 4) is 5.88 Å². The minimum absolute atomic E-state index is 0.0493. The number of nitrogens with zero attached hydrogens (tertiary/aromatic N) is 3. The molecule has 8 heteroatoms. The van der Waals surface area contributed by atoms with E-state index < -0.39 is 11.1 Å². The van der Waals surface area contributed by atoms with Crippen molar-refractivity contribution < 1.29 is 15.3 Å². The lowest BCUT2D eigenvalue weighted by atomic mass is 10.1. The highest BCUT2D eigenvalue weighted by Crippen LogP contribution is 2.12. The van der Waals surface area contributed by atoms with Crippen LogP contribution in [0.5, 0.6) is 5.88 Å². The highest BCUT2D eigenvalue weighted by atomic mass is 32.1. The second kappa shape index (κ2) is 5.64. The number of hydrogen-bond acceptors (Lipinski definition) is 6. The van der Waals surface area contributed by atoms with Gasteiger partial charge in [0.05, 0.1) is 13.2 Å². The molecule has 1 aromatic rings. The van der Waals surface area contributed by atoms with Gasteiger partial charge in [-0.25, -0.2) is 0 Å². The Labute approximate surface area is 115 Å². The predicted molar refractivity (Wildman–Crippen MR) is 73.3 cm³/mol. The van der Waals surface area contributed by atoms with E-state index in [1.165, 1.54) is 30.2 Å². The molecule has 7 nitrogen and oxygen atoms in total. The molecule has 0 saturated heterocycles. The van der Waals surface area contributed by atoms with Gasteiger partial charge in [-0.05, 0) is 19.1 Å². The van der Waals surface area contributed by atoms with Crippen molar-refractivity contribution >= 4 is 18.4 Å². The Hall–Kier alpha value is -1.51. The summed E-state index contributed by atoms with van der Waals surface area (Å²) in [4.78, 5) is 15.9. The molecular formula is C11H17N3O4S. The van der Waals surface area contributed by atoms with Gasteiger partial charge in [-0.3, -0.25) is 18.9 Å². The maximum Gasteiger partial charge on any atom is 0.266 e. The van der Waals surface area contributed by atoms with Crippen molar-refractivity contribution in [2.24, 2.45) is 19.1 Å². The van der Waals surface area contributed by atoms with Gasteiger partial charge in [-0.2, -0.15) is 0 Å². The first-order valence-corrected chi connectivity index (χ1v) is 5.94. The fraction of sp³-hybridized carbons (Fsp3) is 0.545. The minimum atomic E-state index is -1.11. The standard InChI is InChI=1S/C11H17N3O4S/c1-11(5-15,6-16)12-4-7-8(17)13(2)10(19)14(3)9(7)18/h4,15-17H,5-6H2,1-3H3. The normalized spacial score (nSPS) is 12.3. The van der Waals surface area contributed by atoms with Crippen LogP contribution >= 0.6 is 12.2 Å². The fourth-order valence-electron chi connectivity index (χ4n) is 1.32. The second-order valence-corrected chi connectivity index (χ2v) is 4.88.